The molecular weight excluding hydrogens is 437 g/mol. The zero-order valence-corrected chi connectivity index (χ0v) is 18.3. The molecule has 3 nitrogen and oxygen atoms in total. The summed E-state index contributed by atoms with van der Waals surface area (Å²) in [6.07, 6.45) is 1.09. The van der Waals surface area contributed by atoms with Crippen LogP contribution in [0.3, 0.4) is 0 Å². The maximum absolute atomic E-state index is 6.07. The van der Waals surface area contributed by atoms with Gasteiger partial charge in [-0.2, -0.15) is 0 Å². The highest BCUT2D eigenvalue weighted by atomic mass is 79.9. The van der Waals surface area contributed by atoms with Crippen LogP contribution < -0.4 is 14.8 Å². The first-order valence-electron chi connectivity index (χ1n) is 8.69. The number of hydrogen-bond acceptors (Lipinski definition) is 3. The van der Waals surface area contributed by atoms with Crippen LogP contribution >= 0.6 is 39.1 Å². The Morgan fingerprint density at radius 2 is 1.81 bits per heavy atom. The number of benzene rings is 2. The highest BCUT2D eigenvalue weighted by Gasteiger charge is 2.13. The van der Waals surface area contributed by atoms with Crippen molar-refractivity contribution in [2.45, 2.75) is 46.4 Å². The lowest BCUT2D eigenvalue weighted by atomic mass is 10.1. The van der Waals surface area contributed by atoms with Crippen LogP contribution in [-0.2, 0) is 13.2 Å². The first-order chi connectivity index (χ1) is 12.4. The average Bonchev–Trinajstić information content (AvgIpc) is 2.62. The van der Waals surface area contributed by atoms with Gasteiger partial charge in [0.05, 0.1) is 21.1 Å². The Bertz CT molecular complexity index is 740. The van der Waals surface area contributed by atoms with Crippen molar-refractivity contribution in [1.29, 1.82) is 0 Å². The molecule has 0 saturated carbocycles. The summed E-state index contributed by atoms with van der Waals surface area (Å²) in [6.45, 7) is 8.02. The van der Waals surface area contributed by atoms with Gasteiger partial charge in [-0.1, -0.05) is 36.2 Å². The summed E-state index contributed by atoms with van der Waals surface area (Å²) in [6, 6.07) is 10.0. The van der Waals surface area contributed by atoms with Crippen LogP contribution in [0.5, 0.6) is 11.5 Å². The van der Waals surface area contributed by atoms with E-state index in [9.17, 15) is 0 Å². The van der Waals surface area contributed by atoms with Crippen molar-refractivity contribution in [2.75, 3.05) is 6.61 Å². The highest BCUT2D eigenvalue weighted by molar-refractivity contribution is 9.10. The molecule has 0 bridgehead atoms. The van der Waals surface area contributed by atoms with Gasteiger partial charge >= 0.3 is 0 Å². The van der Waals surface area contributed by atoms with Crippen molar-refractivity contribution in [3.05, 3.63) is 56.0 Å². The molecule has 1 atom stereocenters. The van der Waals surface area contributed by atoms with Gasteiger partial charge in [0.25, 0.3) is 0 Å². The number of halogens is 3. The van der Waals surface area contributed by atoms with Gasteiger partial charge < -0.3 is 14.8 Å². The molecule has 0 aromatic heterocycles. The van der Waals surface area contributed by atoms with Gasteiger partial charge in [0.1, 0.15) is 6.61 Å². The molecule has 0 aliphatic carbocycles. The maximum Gasteiger partial charge on any atom is 0.175 e. The fourth-order valence-electron chi connectivity index (χ4n) is 2.35. The molecule has 0 saturated heterocycles. The van der Waals surface area contributed by atoms with E-state index in [4.69, 9.17) is 32.7 Å². The number of rotatable bonds is 9. The lowest BCUT2D eigenvalue weighted by molar-refractivity contribution is 0.267. The van der Waals surface area contributed by atoms with Gasteiger partial charge in [0.2, 0.25) is 0 Å². The predicted molar refractivity (Wildman–Crippen MR) is 113 cm³/mol. The third-order valence-corrected chi connectivity index (χ3v) is 5.33. The second kappa shape index (κ2) is 10.4. The minimum Gasteiger partial charge on any atom is -0.490 e. The van der Waals surface area contributed by atoms with Gasteiger partial charge in [0.15, 0.2) is 11.5 Å². The molecule has 2 rings (SSSR count). The molecule has 0 spiro atoms. The molecule has 0 amide bonds. The number of ether oxygens (including phenoxy) is 2. The van der Waals surface area contributed by atoms with Crippen molar-refractivity contribution >= 4 is 39.1 Å². The number of nitrogens with one attached hydrogen (secondary N) is 1. The van der Waals surface area contributed by atoms with Crippen molar-refractivity contribution in [2.24, 2.45) is 0 Å². The minimum absolute atomic E-state index is 0.375. The average molecular weight is 461 g/mol. The van der Waals surface area contributed by atoms with Crippen molar-refractivity contribution in [3.8, 4) is 11.5 Å². The van der Waals surface area contributed by atoms with E-state index in [2.05, 4.69) is 41.2 Å². The molecule has 2 aromatic carbocycles. The molecule has 0 unspecified atom stereocenters. The van der Waals surface area contributed by atoms with Crippen LogP contribution in [0, 0.1) is 0 Å². The third kappa shape index (κ3) is 6.05. The molecule has 1 N–H and O–H groups in total. The van der Waals surface area contributed by atoms with E-state index in [-0.39, 0.29) is 0 Å². The first kappa shape index (κ1) is 21.4. The summed E-state index contributed by atoms with van der Waals surface area (Å²) in [5, 5.41) is 4.54. The van der Waals surface area contributed by atoms with Gasteiger partial charge in [0, 0.05) is 12.6 Å². The Morgan fingerprint density at radius 3 is 2.46 bits per heavy atom. The van der Waals surface area contributed by atoms with Crippen LogP contribution in [0.2, 0.25) is 10.0 Å². The Morgan fingerprint density at radius 1 is 1.04 bits per heavy atom. The molecule has 0 fully saturated rings. The molecule has 0 aliphatic heterocycles. The van der Waals surface area contributed by atoms with Crippen molar-refractivity contribution < 1.29 is 9.47 Å². The molecule has 6 heteroatoms. The normalized spacial score (nSPS) is 12.1. The lowest BCUT2D eigenvalue weighted by Crippen LogP contribution is -2.24. The van der Waals surface area contributed by atoms with E-state index in [1.807, 2.05) is 25.1 Å². The Kier molecular flexibility index (Phi) is 8.55. The van der Waals surface area contributed by atoms with Crippen LogP contribution in [-0.4, -0.2) is 12.6 Å². The van der Waals surface area contributed by atoms with E-state index in [1.54, 1.807) is 6.07 Å². The Balaban J connectivity index is 2.16. The molecular formula is C20H24BrCl2NO2. The van der Waals surface area contributed by atoms with Gasteiger partial charge in [-0.05, 0) is 71.6 Å². The van der Waals surface area contributed by atoms with Crippen LogP contribution in [0.15, 0.2) is 34.8 Å². The summed E-state index contributed by atoms with van der Waals surface area (Å²) >= 11 is 15.6. The lowest BCUT2D eigenvalue weighted by Gasteiger charge is -2.17. The van der Waals surface area contributed by atoms with Crippen LogP contribution in [0.25, 0.3) is 0 Å². The summed E-state index contributed by atoms with van der Waals surface area (Å²) in [5.74, 6) is 1.41. The Labute approximate surface area is 174 Å². The summed E-state index contributed by atoms with van der Waals surface area (Å²) in [5.41, 5.74) is 2.08. The standard InChI is InChI=1S/C20H24BrCl2NO2/c1-4-13(3)24-11-15-8-16(21)20(19(10-15)25-5-2)26-12-14-6-7-17(22)18(23)9-14/h6-10,13,24H,4-5,11-12H2,1-3H3/t13-/m0/s1. The first-order valence-corrected chi connectivity index (χ1v) is 10.2. The number of hydrogen-bond donors (Lipinski definition) is 1. The van der Waals surface area contributed by atoms with Gasteiger partial charge in [-0.15, -0.1) is 0 Å². The monoisotopic (exact) mass is 459 g/mol. The summed E-state index contributed by atoms with van der Waals surface area (Å²) in [7, 11) is 0. The quantitative estimate of drug-likeness (QED) is 0.455. The fourth-order valence-corrected chi connectivity index (χ4v) is 3.27. The molecule has 0 radical (unpaired) electrons. The van der Waals surface area contributed by atoms with Gasteiger partial charge in [-0.25, -0.2) is 0 Å². The van der Waals surface area contributed by atoms with Crippen LogP contribution in [0.1, 0.15) is 38.3 Å². The zero-order valence-electron chi connectivity index (χ0n) is 15.2. The summed E-state index contributed by atoms with van der Waals surface area (Å²) < 4.78 is 12.7. The Hall–Kier alpha value is -0.940. The van der Waals surface area contributed by atoms with Crippen LogP contribution in [0.4, 0.5) is 0 Å². The smallest absolute Gasteiger partial charge is 0.175 e. The molecule has 142 valence electrons. The largest absolute Gasteiger partial charge is 0.490 e. The maximum atomic E-state index is 6.07. The fraction of sp³-hybridized carbons (Fsp3) is 0.400. The van der Waals surface area contributed by atoms with E-state index >= 15 is 0 Å². The molecule has 2 aromatic rings. The second-order valence-electron chi connectivity index (χ2n) is 6.07. The molecule has 0 aliphatic rings. The van der Waals surface area contributed by atoms with Gasteiger partial charge in [-0.3, -0.25) is 0 Å². The highest BCUT2D eigenvalue weighted by Crippen LogP contribution is 2.37. The van der Waals surface area contributed by atoms with E-state index in [1.165, 1.54) is 0 Å². The van der Waals surface area contributed by atoms with Crippen molar-refractivity contribution in [3.63, 3.8) is 0 Å². The predicted octanol–water partition coefficient (Wildman–Crippen LogP) is 6.62. The van der Waals surface area contributed by atoms with E-state index < -0.39 is 0 Å². The van der Waals surface area contributed by atoms with E-state index in [0.29, 0.717) is 35.1 Å². The van der Waals surface area contributed by atoms with Crippen molar-refractivity contribution in [1.82, 2.24) is 5.32 Å². The topological polar surface area (TPSA) is 30.5 Å². The molecule has 26 heavy (non-hydrogen) atoms. The van der Waals surface area contributed by atoms with E-state index in [0.717, 1.165) is 34.3 Å². The SMILES string of the molecule is CCOc1cc(CN[C@@H](C)CC)cc(Br)c1OCc1ccc(Cl)c(Cl)c1. The minimum atomic E-state index is 0.375. The third-order valence-electron chi connectivity index (χ3n) is 4.00. The molecule has 0 heterocycles. The second-order valence-corrected chi connectivity index (χ2v) is 7.73. The summed E-state index contributed by atoms with van der Waals surface area (Å²) in [4.78, 5) is 0. The zero-order chi connectivity index (χ0) is 19.1.